The van der Waals surface area contributed by atoms with Gasteiger partial charge in [0.2, 0.25) is 0 Å². The van der Waals surface area contributed by atoms with Crippen molar-refractivity contribution in [3.63, 3.8) is 0 Å². The highest BCUT2D eigenvalue weighted by Crippen LogP contribution is 2.24. The van der Waals surface area contributed by atoms with Crippen LogP contribution in [0.4, 0.5) is 0 Å². The number of nitrogens with one attached hydrogen (secondary N) is 2. The van der Waals surface area contributed by atoms with Crippen LogP contribution in [-0.2, 0) is 0 Å². The zero-order valence-corrected chi connectivity index (χ0v) is 13.5. The number of carbonyl (C=O) groups is 1. The number of nitrogens with zero attached hydrogens (tertiary/aromatic N) is 3. The predicted molar refractivity (Wildman–Crippen MR) is 86.2 cm³/mol. The fourth-order valence-electron chi connectivity index (χ4n) is 2.65. The van der Waals surface area contributed by atoms with E-state index in [-0.39, 0.29) is 24.4 Å². The molecule has 0 radical (unpaired) electrons. The van der Waals surface area contributed by atoms with Gasteiger partial charge in [0, 0.05) is 43.3 Å². The Labute approximate surface area is 135 Å². The minimum Gasteiger partial charge on any atom is -0.328 e. The van der Waals surface area contributed by atoms with E-state index in [1.165, 1.54) is 0 Å². The number of carbonyl (C=O) groups excluding carboxylic acids is 1. The van der Waals surface area contributed by atoms with Crippen molar-refractivity contribution >= 4 is 18.3 Å². The van der Waals surface area contributed by atoms with Gasteiger partial charge in [-0.25, -0.2) is 0 Å². The molecule has 0 aliphatic carbocycles. The summed E-state index contributed by atoms with van der Waals surface area (Å²) in [7, 11) is 0. The number of rotatable bonds is 2. The Morgan fingerprint density at radius 1 is 1.41 bits per heavy atom. The van der Waals surface area contributed by atoms with E-state index in [4.69, 9.17) is 0 Å². The van der Waals surface area contributed by atoms with Crippen molar-refractivity contribution < 1.29 is 4.79 Å². The first-order valence-corrected chi connectivity index (χ1v) is 7.11. The number of aromatic amines is 1. The molecule has 6 nitrogen and oxygen atoms in total. The molecular formula is C15H20ClN5O. The van der Waals surface area contributed by atoms with Gasteiger partial charge in [0.05, 0.1) is 6.04 Å². The molecule has 1 atom stereocenters. The number of hydrogen-bond donors (Lipinski definition) is 2. The molecule has 118 valence electrons. The summed E-state index contributed by atoms with van der Waals surface area (Å²) in [5.74, 6) is -0.0211. The first-order chi connectivity index (χ1) is 10.2. The smallest absolute Gasteiger partial charge is 0.275 e. The van der Waals surface area contributed by atoms with E-state index >= 15 is 0 Å². The van der Waals surface area contributed by atoms with Crippen molar-refractivity contribution in [3.05, 3.63) is 47.0 Å². The van der Waals surface area contributed by atoms with Crippen molar-refractivity contribution in [3.8, 4) is 0 Å². The zero-order valence-electron chi connectivity index (χ0n) is 12.7. The first-order valence-electron chi connectivity index (χ1n) is 7.11. The third-order valence-corrected chi connectivity index (χ3v) is 4.03. The maximum absolute atomic E-state index is 12.8. The third-order valence-electron chi connectivity index (χ3n) is 4.03. The van der Waals surface area contributed by atoms with Crippen molar-refractivity contribution in [2.24, 2.45) is 0 Å². The molecule has 7 heteroatoms. The van der Waals surface area contributed by atoms with E-state index in [1.54, 1.807) is 6.20 Å². The van der Waals surface area contributed by atoms with Gasteiger partial charge in [-0.1, -0.05) is 6.07 Å². The van der Waals surface area contributed by atoms with Gasteiger partial charge in [0.25, 0.3) is 5.91 Å². The van der Waals surface area contributed by atoms with Crippen LogP contribution in [0.15, 0.2) is 24.5 Å². The number of hydrogen-bond acceptors (Lipinski definition) is 4. The number of halogens is 1. The summed E-state index contributed by atoms with van der Waals surface area (Å²) in [6, 6.07) is 3.90. The molecule has 1 saturated heterocycles. The molecule has 1 aliphatic rings. The lowest BCUT2D eigenvalue weighted by Gasteiger charge is -2.36. The fourth-order valence-corrected chi connectivity index (χ4v) is 2.65. The molecule has 3 heterocycles. The van der Waals surface area contributed by atoms with Gasteiger partial charge < -0.3 is 10.2 Å². The zero-order chi connectivity index (χ0) is 14.8. The second kappa shape index (κ2) is 6.89. The summed E-state index contributed by atoms with van der Waals surface area (Å²) < 4.78 is 0. The molecule has 0 spiro atoms. The van der Waals surface area contributed by atoms with E-state index in [9.17, 15) is 4.79 Å². The maximum atomic E-state index is 12.8. The van der Waals surface area contributed by atoms with Gasteiger partial charge in [0.1, 0.15) is 0 Å². The van der Waals surface area contributed by atoms with E-state index in [0.29, 0.717) is 12.2 Å². The number of H-pyrrole nitrogens is 1. The summed E-state index contributed by atoms with van der Waals surface area (Å²) in [6.45, 7) is 6.05. The van der Waals surface area contributed by atoms with Crippen LogP contribution in [0.25, 0.3) is 0 Å². The van der Waals surface area contributed by atoms with Gasteiger partial charge in [-0.3, -0.25) is 14.9 Å². The topological polar surface area (TPSA) is 73.9 Å². The summed E-state index contributed by atoms with van der Waals surface area (Å²) >= 11 is 0. The summed E-state index contributed by atoms with van der Waals surface area (Å²) in [5.41, 5.74) is 3.42. The standard InChI is InChI=1S/C15H19N5O.ClH/c1-10-11(2)18-19-14(10)15(21)20-7-6-17-9-13(20)12-4-3-5-16-8-12;/h3-5,8,13,17H,6-7,9H2,1-2H3,(H,18,19);1H. The molecular weight excluding hydrogens is 302 g/mol. The van der Waals surface area contributed by atoms with Crippen LogP contribution in [0.2, 0.25) is 0 Å². The second-order valence-electron chi connectivity index (χ2n) is 5.33. The van der Waals surface area contributed by atoms with Crippen LogP contribution < -0.4 is 5.32 Å². The van der Waals surface area contributed by atoms with E-state index < -0.39 is 0 Å². The molecule has 3 rings (SSSR count). The monoisotopic (exact) mass is 321 g/mol. The van der Waals surface area contributed by atoms with Crippen LogP contribution >= 0.6 is 12.4 Å². The number of amides is 1. The van der Waals surface area contributed by atoms with Crippen LogP contribution in [-0.4, -0.2) is 45.6 Å². The lowest BCUT2D eigenvalue weighted by atomic mass is 10.0. The molecule has 2 aromatic heterocycles. The van der Waals surface area contributed by atoms with Crippen molar-refractivity contribution in [1.82, 2.24) is 25.4 Å². The summed E-state index contributed by atoms with van der Waals surface area (Å²) in [4.78, 5) is 18.9. The number of pyridine rings is 1. The average molecular weight is 322 g/mol. The number of piperazine rings is 1. The lowest BCUT2D eigenvalue weighted by molar-refractivity contribution is 0.0627. The molecule has 0 saturated carbocycles. The molecule has 22 heavy (non-hydrogen) atoms. The molecule has 1 unspecified atom stereocenters. The lowest BCUT2D eigenvalue weighted by Crippen LogP contribution is -2.49. The van der Waals surface area contributed by atoms with Gasteiger partial charge in [-0.05, 0) is 25.5 Å². The Morgan fingerprint density at radius 2 is 2.23 bits per heavy atom. The van der Waals surface area contributed by atoms with Crippen LogP contribution in [0, 0.1) is 13.8 Å². The second-order valence-corrected chi connectivity index (χ2v) is 5.33. The minimum atomic E-state index is -0.0211. The van der Waals surface area contributed by atoms with Gasteiger partial charge in [-0.2, -0.15) is 5.10 Å². The largest absolute Gasteiger partial charge is 0.328 e. The maximum Gasteiger partial charge on any atom is 0.275 e. The predicted octanol–water partition coefficient (Wildman–Crippen LogP) is 1.63. The molecule has 1 fully saturated rings. The SMILES string of the molecule is Cc1[nH]nc(C(=O)N2CCNCC2c2cccnc2)c1C.Cl. The Balaban J connectivity index is 0.00000176. The Morgan fingerprint density at radius 3 is 2.86 bits per heavy atom. The highest BCUT2D eigenvalue weighted by atomic mass is 35.5. The number of aromatic nitrogens is 3. The molecule has 1 amide bonds. The van der Waals surface area contributed by atoms with Crippen molar-refractivity contribution in [2.75, 3.05) is 19.6 Å². The van der Waals surface area contributed by atoms with Crippen LogP contribution in [0.1, 0.15) is 33.4 Å². The van der Waals surface area contributed by atoms with E-state index in [2.05, 4.69) is 20.5 Å². The summed E-state index contributed by atoms with van der Waals surface area (Å²) in [5, 5.41) is 10.4. The fraction of sp³-hybridized carbons (Fsp3) is 0.400. The van der Waals surface area contributed by atoms with E-state index in [1.807, 2.05) is 37.1 Å². The highest BCUT2D eigenvalue weighted by Gasteiger charge is 2.30. The van der Waals surface area contributed by atoms with Crippen LogP contribution in [0.3, 0.4) is 0 Å². The van der Waals surface area contributed by atoms with Gasteiger partial charge >= 0.3 is 0 Å². The van der Waals surface area contributed by atoms with Crippen molar-refractivity contribution in [1.29, 1.82) is 0 Å². The average Bonchev–Trinajstić information content (AvgIpc) is 2.87. The first kappa shape index (κ1) is 16.5. The number of aryl methyl sites for hydroxylation is 1. The quantitative estimate of drug-likeness (QED) is 0.881. The third kappa shape index (κ3) is 2.98. The van der Waals surface area contributed by atoms with Gasteiger partial charge in [0.15, 0.2) is 5.69 Å². The molecule has 1 aliphatic heterocycles. The Kier molecular flexibility index (Phi) is 5.15. The van der Waals surface area contributed by atoms with Crippen molar-refractivity contribution in [2.45, 2.75) is 19.9 Å². The van der Waals surface area contributed by atoms with E-state index in [0.717, 1.165) is 29.9 Å². The highest BCUT2D eigenvalue weighted by molar-refractivity contribution is 5.94. The Bertz CT molecular complexity index is 643. The normalized spacial score (nSPS) is 17.9. The summed E-state index contributed by atoms with van der Waals surface area (Å²) in [6.07, 6.45) is 3.56. The van der Waals surface area contributed by atoms with Gasteiger partial charge in [-0.15, -0.1) is 12.4 Å². The molecule has 2 aromatic rings. The minimum absolute atomic E-state index is 0. The molecule has 0 aromatic carbocycles. The van der Waals surface area contributed by atoms with Crippen LogP contribution in [0.5, 0.6) is 0 Å². The molecule has 2 N–H and O–H groups in total. The molecule has 0 bridgehead atoms. The Hall–Kier alpha value is -1.92.